The monoisotopic (exact) mass is 640 g/mol. The van der Waals surface area contributed by atoms with Crippen LogP contribution in [0.25, 0.3) is 0 Å². The molecule has 160 valence electrons. The summed E-state index contributed by atoms with van der Waals surface area (Å²) < 4.78 is 34.0. The SMILES string of the molecule is NC(N)=NCc1cccc([123I])c1.NC(N)=NCc1cccc([123I])c1.O=S(=O)(O)O. The van der Waals surface area contributed by atoms with Gasteiger partial charge in [-0.1, -0.05) is 24.3 Å². The Bertz CT molecular complexity index is 861. The minimum atomic E-state index is -4.67. The molecule has 0 aliphatic carbocycles. The van der Waals surface area contributed by atoms with E-state index in [1.54, 1.807) is 0 Å². The second kappa shape index (κ2) is 14.3. The van der Waals surface area contributed by atoms with Gasteiger partial charge in [0.05, 0.1) is 13.1 Å². The smallest absolute Gasteiger partial charge is 0.370 e. The molecule has 0 bridgehead atoms. The molecule has 0 aliphatic rings. The molecule has 29 heavy (non-hydrogen) atoms. The molecule has 0 amide bonds. The van der Waals surface area contributed by atoms with Crippen molar-refractivity contribution in [3.63, 3.8) is 0 Å². The van der Waals surface area contributed by atoms with Crippen LogP contribution in [-0.4, -0.2) is 29.4 Å². The van der Waals surface area contributed by atoms with Crippen molar-refractivity contribution in [2.75, 3.05) is 0 Å². The lowest BCUT2D eigenvalue weighted by atomic mass is 10.2. The standard InChI is InChI=1S/2C8H10IN3.H2O4S/c2*9-7-3-1-2-6(4-7)5-12-8(10)11;1-5(2,3)4/h2*1-4H,5H2,(H4,10,11,12);(H2,1,2,3,4)/i2*9-4;. The zero-order chi connectivity index (χ0) is 22.4. The van der Waals surface area contributed by atoms with Crippen LogP contribution in [0.1, 0.15) is 11.1 Å². The molecule has 0 radical (unpaired) electrons. The third-order valence-electron chi connectivity index (χ3n) is 2.67. The topological polar surface area (TPSA) is 203 Å². The Hall–Kier alpha value is -1.69. The minimum Gasteiger partial charge on any atom is -0.370 e. The third kappa shape index (κ3) is 19.4. The summed E-state index contributed by atoms with van der Waals surface area (Å²) in [5.41, 5.74) is 23.1. The zero-order valence-corrected chi connectivity index (χ0v) is 20.2. The first-order chi connectivity index (χ1) is 13.4. The fourth-order valence-electron chi connectivity index (χ4n) is 1.64. The number of nitrogens with two attached hydrogens (primary N) is 4. The van der Waals surface area contributed by atoms with Gasteiger partial charge >= 0.3 is 10.4 Å². The normalized spacial score (nSPS) is 9.79. The van der Waals surface area contributed by atoms with Crippen molar-refractivity contribution in [1.82, 2.24) is 0 Å². The number of hydrogen-bond acceptors (Lipinski definition) is 4. The minimum absolute atomic E-state index is 0.133. The maximum atomic E-state index is 8.74. The molecule has 0 unspecified atom stereocenters. The van der Waals surface area contributed by atoms with Crippen LogP contribution in [0.5, 0.6) is 0 Å². The highest BCUT2D eigenvalue weighted by atomic mass is 123. The van der Waals surface area contributed by atoms with E-state index in [0.717, 1.165) is 11.1 Å². The average Bonchev–Trinajstić information content (AvgIpc) is 2.57. The van der Waals surface area contributed by atoms with E-state index >= 15 is 0 Å². The number of halogens is 2. The van der Waals surface area contributed by atoms with Crippen LogP contribution in [0, 0.1) is 7.14 Å². The Morgan fingerprint density at radius 1 is 0.793 bits per heavy atom. The molecule has 2 aromatic rings. The highest BCUT2D eigenvalue weighted by molar-refractivity contribution is 14.1. The van der Waals surface area contributed by atoms with Gasteiger partial charge in [-0.15, -0.1) is 0 Å². The fourth-order valence-corrected chi connectivity index (χ4v) is 2.85. The lowest BCUT2D eigenvalue weighted by Crippen LogP contribution is -2.22. The maximum absolute atomic E-state index is 8.74. The first-order valence-corrected chi connectivity index (χ1v) is 11.2. The number of hydrogen-bond donors (Lipinski definition) is 6. The van der Waals surface area contributed by atoms with Crippen LogP contribution >= 0.6 is 45.2 Å². The Kier molecular flexibility index (Phi) is 13.5. The summed E-state index contributed by atoms with van der Waals surface area (Å²) in [4.78, 5) is 7.81. The van der Waals surface area contributed by atoms with Crippen molar-refractivity contribution in [2.24, 2.45) is 32.9 Å². The van der Waals surface area contributed by atoms with Crippen LogP contribution in [0.15, 0.2) is 58.5 Å². The molecule has 0 aromatic heterocycles. The molecule has 0 aliphatic heterocycles. The highest BCUT2D eigenvalue weighted by Gasteiger charge is 1.92. The van der Waals surface area contributed by atoms with Crippen LogP contribution < -0.4 is 22.9 Å². The van der Waals surface area contributed by atoms with E-state index in [9.17, 15) is 0 Å². The molecule has 0 fully saturated rings. The summed E-state index contributed by atoms with van der Waals surface area (Å²) in [7, 11) is -4.67. The molecule has 0 atom stereocenters. The molecule has 2 aromatic carbocycles. The predicted octanol–water partition coefficient (Wildman–Crippen LogP) is 1.48. The molecule has 13 heteroatoms. The van der Waals surface area contributed by atoms with Crippen LogP contribution in [-0.2, 0) is 23.5 Å². The van der Waals surface area contributed by atoms with E-state index in [1.807, 2.05) is 48.5 Å². The summed E-state index contributed by atoms with van der Waals surface area (Å²) in [6.07, 6.45) is 0. The largest absolute Gasteiger partial charge is 0.394 e. The summed E-state index contributed by atoms with van der Waals surface area (Å²) in [5, 5.41) is 0. The molecule has 0 spiro atoms. The van der Waals surface area contributed by atoms with E-state index in [4.69, 9.17) is 40.5 Å². The Morgan fingerprint density at radius 3 is 1.34 bits per heavy atom. The zero-order valence-electron chi connectivity index (χ0n) is 15.1. The summed E-state index contributed by atoms with van der Waals surface area (Å²) in [6, 6.07) is 16.1. The van der Waals surface area contributed by atoms with Crippen molar-refractivity contribution in [3.05, 3.63) is 66.8 Å². The number of aliphatic imine (C=N–C) groups is 2. The van der Waals surface area contributed by atoms with Crippen molar-refractivity contribution < 1.29 is 17.5 Å². The van der Waals surface area contributed by atoms with Crippen LogP contribution in [0.2, 0.25) is 0 Å². The molecular formula is C16H22I2N6O4S. The molecule has 0 saturated carbocycles. The van der Waals surface area contributed by atoms with Gasteiger partial charge in [-0.05, 0) is 80.6 Å². The summed E-state index contributed by atoms with van der Waals surface area (Å²) in [6.45, 7) is 1.11. The summed E-state index contributed by atoms with van der Waals surface area (Å²) >= 11 is 4.50. The first kappa shape index (κ1) is 27.3. The fraction of sp³-hybridized carbons (Fsp3) is 0.125. The van der Waals surface area contributed by atoms with Gasteiger partial charge in [-0.25, -0.2) is 9.98 Å². The number of benzene rings is 2. The molecule has 2 rings (SSSR count). The van der Waals surface area contributed by atoms with Crippen molar-refractivity contribution in [1.29, 1.82) is 0 Å². The third-order valence-corrected chi connectivity index (χ3v) is 4.01. The van der Waals surface area contributed by atoms with Gasteiger partial charge in [0.2, 0.25) is 0 Å². The van der Waals surface area contributed by atoms with Gasteiger partial charge in [0.1, 0.15) is 0 Å². The van der Waals surface area contributed by atoms with Crippen molar-refractivity contribution >= 4 is 67.5 Å². The highest BCUT2D eigenvalue weighted by Crippen LogP contribution is 2.09. The van der Waals surface area contributed by atoms with E-state index in [0.29, 0.717) is 13.1 Å². The maximum Gasteiger partial charge on any atom is 0.394 e. The number of guanidine groups is 2. The van der Waals surface area contributed by atoms with Gasteiger partial charge in [0, 0.05) is 7.14 Å². The molecular weight excluding hydrogens is 618 g/mol. The van der Waals surface area contributed by atoms with E-state index < -0.39 is 10.4 Å². The second-order valence-corrected chi connectivity index (χ2v) is 8.58. The van der Waals surface area contributed by atoms with Gasteiger partial charge in [-0.3, -0.25) is 9.11 Å². The van der Waals surface area contributed by atoms with E-state index in [-0.39, 0.29) is 11.9 Å². The molecule has 10 N–H and O–H groups in total. The van der Waals surface area contributed by atoms with E-state index in [2.05, 4.69) is 55.2 Å². The Balaban J connectivity index is 0.000000442. The number of nitrogens with zero attached hydrogens (tertiary/aromatic N) is 2. The second-order valence-electron chi connectivity index (χ2n) is 5.19. The van der Waals surface area contributed by atoms with Gasteiger partial charge in [0.15, 0.2) is 11.9 Å². The quantitative estimate of drug-likeness (QED) is 0.125. The predicted molar refractivity (Wildman–Crippen MR) is 132 cm³/mol. The van der Waals surface area contributed by atoms with E-state index in [1.165, 1.54) is 7.14 Å². The molecule has 0 heterocycles. The summed E-state index contributed by atoms with van der Waals surface area (Å²) in [5.74, 6) is 0.266. The van der Waals surface area contributed by atoms with Gasteiger partial charge < -0.3 is 22.9 Å². The number of rotatable bonds is 4. The van der Waals surface area contributed by atoms with Crippen molar-refractivity contribution in [3.8, 4) is 0 Å². The molecule has 0 saturated heterocycles. The van der Waals surface area contributed by atoms with Crippen molar-refractivity contribution in [2.45, 2.75) is 13.1 Å². The van der Waals surface area contributed by atoms with Crippen LogP contribution in [0.4, 0.5) is 0 Å². The lowest BCUT2D eigenvalue weighted by molar-refractivity contribution is 0.381. The molecule has 10 nitrogen and oxygen atoms in total. The average molecular weight is 640 g/mol. The van der Waals surface area contributed by atoms with Gasteiger partial charge in [-0.2, -0.15) is 8.42 Å². The Morgan fingerprint density at radius 2 is 1.10 bits per heavy atom. The van der Waals surface area contributed by atoms with Gasteiger partial charge in [0.25, 0.3) is 0 Å². The Labute approximate surface area is 196 Å². The van der Waals surface area contributed by atoms with Crippen LogP contribution in [0.3, 0.4) is 0 Å². The first-order valence-electron chi connectivity index (χ1n) is 7.66. The lowest BCUT2D eigenvalue weighted by Gasteiger charge is -1.97.